The summed E-state index contributed by atoms with van der Waals surface area (Å²) in [5.74, 6) is -0.136. The third-order valence-electron chi connectivity index (χ3n) is 5.61. The molecule has 1 unspecified atom stereocenters. The minimum atomic E-state index is -0.432. The number of aryl methyl sites for hydroxylation is 3. The molecule has 0 spiro atoms. The SMILES string of the molecule is Cc1nnn(C)c1-c1cc(F)c2nc(C)n(C(c3ccc(F)cc3)c3ccccn3)c2c1. The average Bonchev–Trinajstić information content (AvgIpc) is 3.29. The van der Waals surface area contributed by atoms with E-state index in [4.69, 9.17) is 0 Å². The number of nitrogens with zero attached hydrogens (tertiary/aromatic N) is 6. The van der Waals surface area contributed by atoms with E-state index in [1.54, 1.807) is 30.1 Å². The van der Waals surface area contributed by atoms with Crippen LogP contribution in [0.3, 0.4) is 0 Å². The first-order valence-corrected chi connectivity index (χ1v) is 10.1. The summed E-state index contributed by atoms with van der Waals surface area (Å²) in [7, 11) is 1.77. The molecule has 0 amide bonds. The first-order valence-electron chi connectivity index (χ1n) is 10.1. The van der Waals surface area contributed by atoms with Crippen molar-refractivity contribution in [3.63, 3.8) is 0 Å². The molecule has 2 aromatic carbocycles. The van der Waals surface area contributed by atoms with Gasteiger partial charge in [-0.05, 0) is 55.8 Å². The van der Waals surface area contributed by atoms with Gasteiger partial charge >= 0.3 is 0 Å². The minimum absolute atomic E-state index is 0.266. The molecule has 0 saturated heterocycles. The molecule has 0 N–H and O–H groups in total. The Balaban J connectivity index is 1.81. The Morgan fingerprint density at radius 1 is 0.969 bits per heavy atom. The molecule has 0 radical (unpaired) electrons. The molecule has 3 aromatic heterocycles. The van der Waals surface area contributed by atoms with Gasteiger partial charge in [-0.3, -0.25) is 4.98 Å². The number of benzene rings is 2. The zero-order valence-electron chi connectivity index (χ0n) is 17.8. The van der Waals surface area contributed by atoms with Crippen LogP contribution in [0.25, 0.3) is 22.3 Å². The third kappa shape index (κ3) is 3.24. The van der Waals surface area contributed by atoms with Gasteiger partial charge in [0.1, 0.15) is 23.2 Å². The molecular weight excluding hydrogens is 410 g/mol. The molecule has 32 heavy (non-hydrogen) atoms. The zero-order valence-corrected chi connectivity index (χ0v) is 17.8. The van der Waals surface area contributed by atoms with E-state index in [1.807, 2.05) is 42.7 Å². The lowest BCUT2D eigenvalue weighted by Gasteiger charge is -2.21. The van der Waals surface area contributed by atoms with Crippen molar-refractivity contribution in [3.05, 3.63) is 95.2 Å². The van der Waals surface area contributed by atoms with Crippen molar-refractivity contribution in [2.24, 2.45) is 7.05 Å². The van der Waals surface area contributed by atoms with Gasteiger partial charge < -0.3 is 4.57 Å². The highest BCUT2D eigenvalue weighted by molar-refractivity contribution is 5.83. The van der Waals surface area contributed by atoms with Crippen LogP contribution in [0.4, 0.5) is 8.78 Å². The molecular formula is C24H20F2N6. The van der Waals surface area contributed by atoms with Crippen molar-refractivity contribution >= 4 is 11.0 Å². The van der Waals surface area contributed by atoms with Gasteiger partial charge in [0, 0.05) is 18.8 Å². The largest absolute Gasteiger partial charge is 0.315 e. The Bertz CT molecular complexity index is 1400. The van der Waals surface area contributed by atoms with Gasteiger partial charge in [0.25, 0.3) is 0 Å². The Kier molecular flexibility index (Phi) is 4.77. The quantitative estimate of drug-likeness (QED) is 0.413. The number of aromatic nitrogens is 6. The van der Waals surface area contributed by atoms with E-state index in [-0.39, 0.29) is 11.3 Å². The fourth-order valence-corrected chi connectivity index (χ4v) is 4.22. The second-order valence-electron chi connectivity index (χ2n) is 7.71. The number of hydrogen-bond donors (Lipinski definition) is 0. The summed E-state index contributed by atoms with van der Waals surface area (Å²) < 4.78 is 32.5. The molecule has 160 valence electrons. The predicted octanol–water partition coefficient (Wildman–Crippen LogP) is 4.76. The van der Waals surface area contributed by atoms with Crippen LogP contribution in [0.2, 0.25) is 0 Å². The Morgan fingerprint density at radius 3 is 2.41 bits per heavy atom. The fraction of sp³-hybridized carbons (Fsp3) is 0.167. The van der Waals surface area contributed by atoms with E-state index in [0.717, 1.165) is 17.0 Å². The second kappa shape index (κ2) is 7.64. The Morgan fingerprint density at radius 2 is 1.75 bits per heavy atom. The van der Waals surface area contributed by atoms with Gasteiger partial charge in [-0.2, -0.15) is 0 Å². The number of halogens is 2. The van der Waals surface area contributed by atoms with Crippen LogP contribution in [-0.2, 0) is 7.05 Å². The average molecular weight is 430 g/mol. The summed E-state index contributed by atoms with van der Waals surface area (Å²) in [6, 6.07) is 14.8. The third-order valence-corrected chi connectivity index (χ3v) is 5.61. The van der Waals surface area contributed by atoms with Gasteiger partial charge in [0.05, 0.1) is 22.6 Å². The van der Waals surface area contributed by atoms with Gasteiger partial charge in [-0.1, -0.05) is 23.4 Å². The topological polar surface area (TPSA) is 61.4 Å². The molecule has 5 aromatic rings. The molecule has 0 fully saturated rings. The molecule has 0 saturated carbocycles. The summed E-state index contributed by atoms with van der Waals surface area (Å²) in [6.45, 7) is 3.66. The lowest BCUT2D eigenvalue weighted by molar-refractivity contribution is 0.620. The number of imidazole rings is 1. The fourth-order valence-electron chi connectivity index (χ4n) is 4.22. The molecule has 3 heterocycles. The number of hydrogen-bond acceptors (Lipinski definition) is 4. The van der Waals surface area contributed by atoms with Crippen molar-refractivity contribution in [1.82, 2.24) is 29.5 Å². The molecule has 0 aliphatic rings. The molecule has 8 heteroatoms. The standard InChI is InChI=1S/C24H20F2N6/c1-14-23(31(3)30-29-14)17-12-19(26)22-21(13-17)32(15(2)28-22)24(20-6-4-5-11-27-20)16-7-9-18(25)10-8-16/h4-13,24H,1-3H3. The normalized spacial score (nSPS) is 12.4. The van der Waals surface area contributed by atoms with Gasteiger partial charge in [-0.25, -0.2) is 18.4 Å². The van der Waals surface area contributed by atoms with Crippen LogP contribution in [0, 0.1) is 25.5 Å². The summed E-state index contributed by atoms with van der Waals surface area (Å²) >= 11 is 0. The zero-order chi connectivity index (χ0) is 22.4. The van der Waals surface area contributed by atoms with Gasteiger partial charge in [0.15, 0.2) is 5.82 Å². The van der Waals surface area contributed by atoms with Crippen LogP contribution >= 0.6 is 0 Å². The van der Waals surface area contributed by atoms with Crippen LogP contribution in [-0.4, -0.2) is 29.5 Å². The summed E-state index contributed by atoms with van der Waals surface area (Å²) in [6.07, 6.45) is 1.71. The highest BCUT2D eigenvalue weighted by atomic mass is 19.1. The lowest BCUT2D eigenvalue weighted by atomic mass is 10.0. The minimum Gasteiger partial charge on any atom is -0.315 e. The lowest BCUT2D eigenvalue weighted by Crippen LogP contribution is -2.15. The Hall–Kier alpha value is -3.94. The van der Waals surface area contributed by atoms with E-state index in [0.29, 0.717) is 22.6 Å². The van der Waals surface area contributed by atoms with Crippen molar-refractivity contribution in [3.8, 4) is 11.3 Å². The Labute approximate surface area is 183 Å². The van der Waals surface area contributed by atoms with Crippen LogP contribution in [0.1, 0.15) is 28.8 Å². The van der Waals surface area contributed by atoms with E-state index in [2.05, 4.69) is 20.3 Å². The summed E-state index contributed by atoms with van der Waals surface area (Å²) in [5.41, 5.74) is 4.52. The molecule has 0 aliphatic carbocycles. The molecule has 1 atom stereocenters. The highest BCUT2D eigenvalue weighted by Gasteiger charge is 2.25. The van der Waals surface area contributed by atoms with Gasteiger partial charge in [-0.15, -0.1) is 5.10 Å². The maximum absolute atomic E-state index is 15.2. The molecule has 0 bridgehead atoms. The summed E-state index contributed by atoms with van der Waals surface area (Å²) in [4.78, 5) is 9.06. The maximum atomic E-state index is 15.2. The first-order chi connectivity index (χ1) is 15.4. The number of pyridine rings is 1. The second-order valence-corrected chi connectivity index (χ2v) is 7.71. The monoisotopic (exact) mass is 430 g/mol. The summed E-state index contributed by atoms with van der Waals surface area (Å²) in [5, 5.41) is 8.14. The van der Waals surface area contributed by atoms with Crippen molar-refractivity contribution in [1.29, 1.82) is 0 Å². The van der Waals surface area contributed by atoms with Crippen LogP contribution < -0.4 is 0 Å². The highest BCUT2D eigenvalue weighted by Crippen LogP contribution is 2.34. The van der Waals surface area contributed by atoms with Crippen molar-refractivity contribution in [2.45, 2.75) is 19.9 Å². The molecule has 0 aliphatic heterocycles. The van der Waals surface area contributed by atoms with Crippen molar-refractivity contribution < 1.29 is 8.78 Å². The van der Waals surface area contributed by atoms with Crippen molar-refractivity contribution in [2.75, 3.05) is 0 Å². The maximum Gasteiger partial charge on any atom is 0.151 e. The molecule has 5 rings (SSSR count). The number of rotatable bonds is 4. The van der Waals surface area contributed by atoms with E-state index >= 15 is 4.39 Å². The number of fused-ring (bicyclic) bond motifs is 1. The first kappa shape index (κ1) is 20.0. The van der Waals surface area contributed by atoms with Crippen LogP contribution in [0.15, 0.2) is 60.8 Å². The van der Waals surface area contributed by atoms with Gasteiger partial charge in [0.2, 0.25) is 0 Å². The van der Waals surface area contributed by atoms with Crippen LogP contribution in [0.5, 0.6) is 0 Å². The smallest absolute Gasteiger partial charge is 0.151 e. The van der Waals surface area contributed by atoms with E-state index < -0.39 is 11.9 Å². The van der Waals surface area contributed by atoms with E-state index in [9.17, 15) is 4.39 Å². The predicted molar refractivity (Wildman–Crippen MR) is 117 cm³/mol. The molecule has 6 nitrogen and oxygen atoms in total. The van der Waals surface area contributed by atoms with E-state index in [1.165, 1.54) is 18.2 Å².